The normalized spacial score (nSPS) is 24.8. The molecule has 7 nitrogen and oxygen atoms in total. The van der Waals surface area contributed by atoms with E-state index in [4.69, 9.17) is 4.74 Å². The summed E-state index contributed by atoms with van der Waals surface area (Å²) < 4.78 is 46.3. The van der Waals surface area contributed by atoms with Gasteiger partial charge in [-0.2, -0.15) is 13.2 Å². The van der Waals surface area contributed by atoms with Gasteiger partial charge in [0, 0.05) is 18.0 Å². The summed E-state index contributed by atoms with van der Waals surface area (Å²) in [6.07, 6.45) is -2.85. The number of carbonyl (C=O) groups is 2. The lowest BCUT2D eigenvalue weighted by Crippen LogP contribution is -2.72. The molecule has 10 heteroatoms. The van der Waals surface area contributed by atoms with Gasteiger partial charge in [-0.25, -0.2) is 4.79 Å². The van der Waals surface area contributed by atoms with Crippen LogP contribution < -0.4 is 15.4 Å². The molecular weight excluding hydrogens is 379 g/mol. The molecule has 0 radical (unpaired) electrons. The first-order valence-corrected chi connectivity index (χ1v) is 8.13. The van der Waals surface area contributed by atoms with Crippen molar-refractivity contribution < 1.29 is 32.6 Å². The number of hydrogen-bond acceptors (Lipinski definition) is 5. The number of nitrogens with zero attached hydrogens (tertiary/aromatic N) is 1. The molecule has 1 aromatic carbocycles. The van der Waals surface area contributed by atoms with Crippen LogP contribution in [-0.4, -0.2) is 40.9 Å². The number of Topliss-reactive ketones (excluding diaryl/α,β-unsaturated/α-hetero) is 1. The number of nitrogens with one attached hydrogen (secondary N) is 2. The van der Waals surface area contributed by atoms with Crippen LogP contribution in [0.1, 0.15) is 22.0 Å². The van der Waals surface area contributed by atoms with Gasteiger partial charge < -0.3 is 20.5 Å². The van der Waals surface area contributed by atoms with E-state index in [9.17, 15) is 27.9 Å². The van der Waals surface area contributed by atoms with Crippen LogP contribution in [0.25, 0.3) is 0 Å². The Kier molecular flexibility index (Phi) is 4.99. The van der Waals surface area contributed by atoms with Crippen LogP contribution >= 0.6 is 0 Å². The fourth-order valence-corrected chi connectivity index (χ4v) is 3.12. The summed E-state index contributed by atoms with van der Waals surface area (Å²) in [6.45, 7) is 0. The number of pyridine rings is 1. The van der Waals surface area contributed by atoms with Crippen molar-refractivity contribution in [3.05, 3.63) is 59.9 Å². The highest BCUT2D eigenvalue weighted by Crippen LogP contribution is 2.44. The third-order valence-electron chi connectivity index (χ3n) is 4.51. The molecule has 148 valence electrons. The molecule has 0 spiro atoms. The summed E-state index contributed by atoms with van der Waals surface area (Å²) in [5, 5.41) is 14.2. The smallest absolute Gasteiger partial charge is 0.437 e. The first kappa shape index (κ1) is 19.6. The van der Waals surface area contributed by atoms with Gasteiger partial charge in [0.25, 0.3) is 0 Å². The maximum atomic E-state index is 13.8. The monoisotopic (exact) mass is 395 g/mol. The van der Waals surface area contributed by atoms with Gasteiger partial charge in [0.2, 0.25) is 5.72 Å². The van der Waals surface area contributed by atoms with Gasteiger partial charge in [-0.05, 0) is 29.8 Å². The molecule has 2 aromatic rings. The number of aliphatic hydroxyl groups is 1. The number of ketones is 1. The average Bonchev–Trinajstić information content (AvgIpc) is 2.67. The fraction of sp³-hybridized carbons (Fsp3) is 0.278. The molecule has 3 N–H and O–H groups in total. The van der Waals surface area contributed by atoms with E-state index in [2.05, 4.69) is 10.3 Å². The van der Waals surface area contributed by atoms with Gasteiger partial charge in [0.05, 0.1) is 13.2 Å². The van der Waals surface area contributed by atoms with Crippen LogP contribution in [0.2, 0.25) is 0 Å². The van der Waals surface area contributed by atoms with E-state index in [1.54, 1.807) is 0 Å². The molecule has 3 rings (SSSR count). The Bertz CT molecular complexity index is 874. The standard InChI is InChI=1S/C18H16F3N3O4/c1-28-12-6-4-10(5-7-12)14-13(15(25)11-3-2-8-22-9-11)17(27,18(19,20)21)24-16(26)23-14/h2-9,13-14,27H,1H3,(H2,23,24,26)/t13-,14+,17-/m1/s1. The Balaban J connectivity index is 2.13. The van der Waals surface area contributed by atoms with Crippen molar-refractivity contribution in [3.8, 4) is 5.75 Å². The van der Waals surface area contributed by atoms with Crippen molar-refractivity contribution in [1.29, 1.82) is 0 Å². The lowest BCUT2D eigenvalue weighted by atomic mass is 9.77. The van der Waals surface area contributed by atoms with Gasteiger partial charge in [-0.3, -0.25) is 9.78 Å². The lowest BCUT2D eigenvalue weighted by molar-refractivity contribution is -0.287. The Morgan fingerprint density at radius 1 is 1.25 bits per heavy atom. The highest BCUT2D eigenvalue weighted by atomic mass is 19.4. The zero-order chi connectivity index (χ0) is 20.5. The van der Waals surface area contributed by atoms with E-state index >= 15 is 0 Å². The Morgan fingerprint density at radius 3 is 2.46 bits per heavy atom. The quantitative estimate of drug-likeness (QED) is 0.689. The highest BCUT2D eigenvalue weighted by molar-refractivity contribution is 6.00. The molecule has 1 aliphatic heterocycles. The number of ether oxygens (including phenoxy) is 1. The maximum Gasteiger partial charge on any atom is 0.437 e. The van der Waals surface area contributed by atoms with E-state index in [1.165, 1.54) is 55.0 Å². The minimum Gasteiger partial charge on any atom is -0.497 e. The molecule has 28 heavy (non-hydrogen) atoms. The van der Waals surface area contributed by atoms with Crippen LogP contribution in [0.4, 0.5) is 18.0 Å². The van der Waals surface area contributed by atoms with Crippen molar-refractivity contribution >= 4 is 11.8 Å². The van der Waals surface area contributed by atoms with Crippen molar-refractivity contribution in [2.45, 2.75) is 17.9 Å². The van der Waals surface area contributed by atoms with Crippen LogP contribution in [0, 0.1) is 5.92 Å². The van der Waals surface area contributed by atoms with E-state index in [1.807, 2.05) is 0 Å². The first-order chi connectivity index (χ1) is 13.2. The summed E-state index contributed by atoms with van der Waals surface area (Å²) in [5.41, 5.74) is -3.71. The van der Waals surface area contributed by atoms with Crippen molar-refractivity contribution in [3.63, 3.8) is 0 Å². The molecule has 0 unspecified atom stereocenters. The van der Waals surface area contributed by atoms with Crippen LogP contribution in [0.3, 0.4) is 0 Å². The number of amides is 2. The summed E-state index contributed by atoms with van der Waals surface area (Å²) in [7, 11) is 1.42. The molecule has 0 saturated carbocycles. The fourth-order valence-electron chi connectivity index (χ4n) is 3.12. The minimum atomic E-state index is -5.31. The van der Waals surface area contributed by atoms with E-state index in [0.717, 1.165) is 6.20 Å². The number of benzene rings is 1. The van der Waals surface area contributed by atoms with Gasteiger partial charge in [-0.15, -0.1) is 0 Å². The Morgan fingerprint density at radius 2 is 1.93 bits per heavy atom. The number of urea groups is 1. The summed E-state index contributed by atoms with van der Waals surface area (Å²) in [4.78, 5) is 28.6. The number of rotatable bonds is 4. The number of alkyl halides is 3. The largest absolute Gasteiger partial charge is 0.497 e. The zero-order valence-electron chi connectivity index (χ0n) is 14.5. The second-order valence-electron chi connectivity index (χ2n) is 6.20. The van der Waals surface area contributed by atoms with E-state index < -0.39 is 35.7 Å². The van der Waals surface area contributed by atoms with Gasteiger partial charge in [0.15, 0.2) is 5.78 Å². The van der Waals surface area contributed by atoms with Crippen LogP contribution in [0.5, 0.6) is 5.75 Å². The van der Waals surface area contributed by atoms with Crippen LogP contribution in [-0.2, 0) is 0 Å². The number of carbonyl (C=O) groups excluding carboxylic acids is 2. The number of halogens is 3. The second kappa shape index (κ2) is 7.12. The van der Waals surface area contributed by atoms with Crippen molar-refractivity contribution in [2.75, 3.05) is 7.11 Å². The highest BCUT2D eigenvalue weighted by Gasteiger charge is 2.66. The molecule has 2 amide bonds. The molecule has 1 saturated heterocycles. The van der Waals surface area contributed by atoms with Gasteiger partial charge in [0.1, 0.15) is 11.7 Å². The zero-order valence-corrected chi connectivity index (χ0v) is 14.5. The summed E-state index contributed by atoms with van der Waals surface area (Å²) >= 11 is 0. The maximum absolute atomic E-state index is 13.8. The predicted molar refractivity (Wildman–Crippen MR) is 90.5 cm³/mol. The minimum absolute atomic E-state index is 0.133. The topological polar surface area (TPSA) is 101 Å². The molecule has 2 heterocycles. The van der Waals surface area contributed by atoms with Gasteiger partial charge in [-0.1, -0.05) is 12.1 Å². The third kappa shape index (κ3) is 3.38. The van der Waals surface area contributed by atoms with E-state index in [-0.39, 0.29) is 11.1 Å². The second-order valence-corrected chi connectivity index (χ2v) is 6.20. The third-order valence-corrected chi connectivity index (χ3v) is 4.51. The molecule has 1 aromatic heterocycles. The van der Waals surface area contributed by atoms with E-state index in [0.29, 0.717) is 5.75 Å². The number of aromatic nitrogens is 1. The Labute approximate surface area is 157 Å². The lowest BCUT2D eigenvalue weighted by Gasteiger charge is -2.45. The molecule has 0 aliphatic carbocycles. The molecule has 0 bridgehead atoms. The van der Waals surface area contributed by atoms with Gasteiger partial charge >= 0.3 is 12.2 Å². The van der Waals surface area contributed by atoms with Crippen molar-refractivity contribution in [2.24, 2.45) is 5.92 Å². The molecule has 1 fully saturated rings. The predicted octanol–water partition coefficient (Wildman–Crippen LogP) is 2.19. The van der Waals surface area contributed by atoms with Crippen molar-refractivity contribution in [1.82, 2.24) is 15.6 Å². The number of methoxy groups -OCH3 is 1. The first-order valence-electron chi connectivity index (χ1n) is 8.13. The summed E-state index contributed by atoms with van der Waals surface area (Å²) in [6, 6.07) is 5.74. The molecule has 1 aliphatic rings. The molecule has 3 atom stereocenters. The molecular formula is C18H16F3N3O4. The number of hydrogen-bond donors (Lipinski definition) is 3. The summed E-state index contributed by atoms with van der Waals surface area (Å²) in [5.74, 6) is -2.69. The Hall–Kier alpha value is -3.14. The SMILES string of the molecule is COc1ccc([C@@H]2NC(=O)N[C@](O)(C(F)(F)F)[C@H]2C(=O)c2cccnc2)cc1. The average molecular weight is 395 g/mol. The van der Waals surface area contributed by atoms with Crippen LogP contribution in [0.15, 0.2) is 48.8 Å².